The van der Waals surface area contributed by atoms with E-state index in [-0.39, 0.29) is 27.5 Å². The molecule has 1 N–H and O–H groups in total. The third-order valence-corrected chi connectivity index (χ3v) is 8.08. The first kappa shape index (κ1) is 24.1. The lowest BCUT2D eigenvalue weighted by atomic mass is 9.75. The van der Waals surface area contributed by atoms with Gasteiger partial charge in [-0.25, -0.2) is 13.1 Å². The number of hydrogen-bond acceptors (Lipinski definition) is 6. The molecule has 5 nitrogen and oxygen atoms in total. The van der Waals surface area contributed by atoms with Crippen molar-refractivity contribution in [2.75, 3.05) is 19.3 Å². The van der Waals surface area contributed by atoms with Crippen LogP contribution in [-0.4, -0.2) is 49.3 Å². The van der Waals surface area contributed by atoms with Crippen LogP contribution in [0, 0.1) is 16.7 Å². The molecule has 2 unspecified atom stereocenters. The van der Waals surface area contributed by atoms with Crippen LogP contribution < -0.4 is 4.72 Å². The van der Waals surface area contributed by atoms with Crippen LogP contribution in [0.1, 0.15) is 61.8 Å². The lowest BCUT2D eigenvalue weighted by Gasteiger charge is -2.46. The van der Waals surface area contributed by atoms with E-state index >= 15 is 0 Å². The largest absolute Gasteiger partial charge is 0.333 e. The minimum Gasteiger partial charge on any atom is -0.333 e. The van der Waals surface area contributed by atoms with E-state index in [0.717, 1.165) is 18.8 Å². The van der Waals surface area contributed by atoms with E-state index in [1.807, 2.05) is 0 Å². The Morgan fingerprint density at radius 2 is 1.75 bits per heavy atom. The molecule has 2 heterocycles. The summed E-state index contributed by atoms with van der Waals surface area (Å²) in [7, 11) is -1.64. The van der Waals surface area contributed by atoms with Gasteiger partial charge in [0.2, 0.25) is 10.0 Å². The molecule has 0 aliphatic carbocycles. The number of amidine groups is 1. The van der Waals surface area contributed by atoms with Crippen LogP contribution in [0.5, 0.6) is 0 Å². The topological polar surface area (TPSA) is 61.8 Å². The fourth-order valence-corrected chi connectivity index (χ4v) is 5.22. The van der Waals surface area contributed by atoms with Crippen LogP contribution in [0.4, 0.5) is 0 Å². The van der Waals surface area contributed by atoms with E-state index in [4.69, 9.17) is 4.99 Å². The quantitative estimate of drug-likeness (QED) is 0.486. The predicted octanol–water partition coefficient (Wildman–Crippen LogP) is 4.34. The van der Waals surface area contributed by atoms with Gasteiger partial charge in [0.1, 0.15) is 5.84 Å². The van der Waals surface area contributed by atoms with Crippen molar-refractivity contribution in [3.63, 3.8) is 0 Å². The zero-order valence-corrected chi connectivity index (χ0v) is 21.3. The van der Waals surface area contributed by atoms with Crippen molar-refractivity contribution in [3.8, 4) is 0 Å². The van der Waals surface area contributed by atoms with E-state index in [9.17, 15) is 8.42 Å². The fraction of sp³-hybridized carbons (Fsp3) is 0.850. The molecule has 28 heavy (non-hydrogen) atoms. The van der Waals surface area contributed by atoms with E-state index in [1.54, 1.807) is 10.8 Å². The van der Waals surface area contributed by atoms with Crippen LogP contribution in [-0.2, 0) is 10.0 Å². The normalized spacial score (nSPS) is 24.5. The maximum atomic E-state index is 11.6. The van der Waals surface area contributed by atoms with Gasteiger partial charge in [-0.1, -0.05) is 52.3 Å². The van der Waals surface area contributed by atoms with Crippen LogP contribution in [0.15, 0.2) is 16.3 Å². The molecule has 1 fully saturated rings. The summed E-state index contributed by atoms with van der Waals surface area (Å²) < 4.78 is 25.7. The standard InChI is InChI=1S/C20H37N3O2S3/c1-18(2,3)16-15(20(7,8)27-26)14-10-13(11-21-28(9,24)25)12-23(14)17(22-16)19(4,5)6/h13,16,21,26H,10-12H2,1-9H3. The van der Waals surface area contributed by atoms with Crippen LogP contribution in [0.3, 0.4) is 0 Å². The number of fused-ring (bicyclic) bond motifs is 1. The van der Waals surface area contributed by atoms with Gasteiger partial charge in [0.15, 0.2) is 0 Å². The monoisotopic (exact) mass is 447 g/mol. The summed E-state index contributed by atoms with van der Waals surface area (Å²) in [5.74, 6) is 1.33. The van der Waals surface area contributed by atoms with Crippen molar-refractivity contribution in [1.29, 1.82) is 0 Å². The molecule has 0 aromatic heterocycles. The summed E-state index contributed by atoms with van der Waals surface area (Å²) in [6.07, 6.45) is 2.08. The third kappa shape index (κ3) is 5.29. The number of hydrogen-bond donors (Lipinski definition) is 2. The zero-order chi connectivity index (χ0) is 21.7. The maximum absolute atomic E-state index is 11.6. The van der Waals surface area contributed by atoms with Crippen LogP contribution in [0.2, 0.25) is 0 Å². The lowest BCUT2D eigenvalue weighted by molar-refractivity contribution is 0.316. The fourth-order valence-electron chi connectivity index (χ4n) is 4.06. The van der Waals surface area contributed by atoms with Gasteiger partial charge < -0.3 is 4.90 Å². The molecule has 2 aliphatic rings. The molecule has 0 amide bonds. The number of sulfonamides is 1. The van der Waals surface area contributed by atoms with Crippen molar-refractivity contribution >= 4 is 38.3 Å². The van der Waals surface area contributed by atoms with Crippen molar-refractivity contribution in [1.82, 2.24) is 9.62 Å². The molecule has 0 spiro atoms. The maximum Gasteiger partial charge on any atom is 0.208 e. The van der Waals surface area contributed by atoms with Gasteiger partial charge in [-0.15, -0.1) is 11.7 Å². The number of nitrogens with zero attached hydrogens (tertiary/aromatic N) is 2. The van der Waals surface area contributed by atoms with Crippen molar-refractivity contribution in [3.05, 3.63) is 11.3 Å². The average molecular weight is 448 g/mol. The van der Waals surface area contributed by atoms with Crippen LogP contribution >= 0.6 is 22.5 Å². The Kier molecular flexibility index (Phi) is 6.73. The number of allylic oxidation sites excluding steroid dienone is 1. The van der Waals surface area contributed by atoms with Crippen molar-refractivity contribution < 1.29 is 8.42 Å². The highest BCUT2D eigenvalue weighted by atomic mass is 33.1. The molecule has 0 aromatic carbocycles. The van der Waals surface area contributed by atoms with Gasteiger partial charge in [0.05, 0.1) is 12.3 Å². The Morgan fingerprint density at radius 3 is 2.18 bits per heavy atom. The summed E-state index contributed by atoms with van der Waals surface area (Å²) in [4.78, 5) is 7.66. The number of nitrogens with one attached hydrogen (secondary N) is 1. The molecule has 0 bridgehead atoms. The van der Waals surface area contributed by atoms with Gasteiger partial charge in [0.25, 0.3) is 0 Å². The molecule has 8 heteroatoms. The molecule has 2 rings (SSSR count). The summed E-state index contributed by atoms with van der Waals surface area (Å²) in [5, 5.41) is 0. The smallest absolute Gasteiger partial charge is 0.208 e. The second-order valence-corrected chi connectivity index (χ2v) is 14.3. The SMILES string of the molecule is CC(C)(C)C1=NC(C(C)(C)C)C(C(C)(C)SS)=C2CC(CNS(C)(=O)=O)CN12. The Balaban J connectivity index is 2.58. The molecule has 1 saturated heterocycles. The average Bonchev–Trinajstić information content (AvgIpc) is 2.92. The van der Waals surface area contributed by atoms with Crippen molar-refractivity contribution in [2.24, 2.45) is 21.7 Å². The molecular formula is C20H37N3O2S3. The summed E-state index contributed by atoms with van der Waals surface area (Å²) in [5.41, 5.74) is 2.54. The first-order valence-electron chi connectivity index (χ1n) is 9.84. The van der Waals surface area contributed by atoms with Crippen LogP contribution in [0.25, 0.3) is 0 Å². The zero-order valence-electron chi connectivity index (χ0n) is 18.8. The van der Waals surface area contributed by atoms with E-state index in [0.29, 0.717) is 6.54 Å². The Hall–Kier alpha value is -0.180. The highest BCUT2D eigenvalue weighted by Gasteiger charge is 2.47. The highest BCUT2D eigenvalue weighted by Crippen LogP contribution is 2.50. The van der Waals surface area contributed by atoms with Crippen molar-refractivity contribution in [2.45, 2.75) is 72.6 Å². The third-order valence-electron chi connectivity index (χ3n) is 5.34. The molecule has 0 saturated carbocycles. The molecule has 0 radical (unpaired) electrons. The minimum atomic E-state index is -3.20. The molecule has 162 valence electrons. The molecule has 2 aliphatic heterocycles. The number of aliphatic imine (C=N–C) groups is 1. The Morgan fingerprint density at radius 1 is 1.18 bits per heavy atom. The summed E-state index contributed by atoms with van der Waals surface area (Å²) >= 11 is 4.58. The minimum absolute atomic E-state index is 0.0191. The predicted molar refractivity (Wildman–Crippen MR) is 125 cm³/mol. The molecular weight excluding hydrogens is 410 g/mol. The van der Waals surface area contributed by atoms with Gasteiger partial charge in [0, 0.05) is 28.9 Å². The van der Waals surface area contributed by atoms with Gasteiger partial charge in [-0.2, -0.15) is 0 Å². The second kappa shape index (κ2) is 7.82. The number of thiol groups is 1. The van der Waals surface area contributed by atoms with Gasteiger partial charge in [-0.3, -0.25) is 4.99 Å². The summed E-state index contributed by atoms with van der Waals surface area (Å²) in [6.45, 7) is 19.0. The van der Waals surface area contributed by atoms with E-state index < -0.39 is 10.0 Å². The highest BCUT2D eigenvalue weighted by molar-refractivity contribution is 8.69. The van der Waals surface area contributed by atoms with E-state index in [2.05, 4.69) is 76.7 Å². The molecule has 0 aromatic rings. The number of rotatable bonds is 5. The Labute approximate surface area is 181 Å². The Bertz CT molecular complexity index is 771. The summed E-state index contributed by atoms with van der Waals surface area (Å²) in [6, 6.07) is 0.0734. The molecule has 2 atom stereocenters. The van der Waals surface area contributed by atoms with E-state index in [1.165, 1.54) is 17.5 Å². The second-order valence-electron chi connectivity index (χ2n) is 10.7. The first-order chi connectivity index (χ1) is 12.5. The van der Waals surface area contributed by atoms with Gasteiger partial charge >= 0.3 is 0 Å². The van der Waals surface area contributed by atoms with Gasteiger partial charge in [-0.05, 0) is 37.2 Å². The first-order valence-corrected chi connectivity index (χ1v) is 13.6. The lowest BCUT2D eigenvalue weighted by Crippen LogP contribution is -2.48.